The average molecular weight is 512 g/mol. The van der Waals surface area contributed by atoms with Crippen LogP contribution in [0.4, 0.5) is 11.8 Å². The van der Waals surface area contributed by atoms with E-state index in [9.17, 15) is 9.59 Å². The minimum Gasteiger partial charge on any atom is -0.368 e. The van der Waals surface area contributed by atoms with E-state index in [1.807, 2.05) is 13.1 Å². The van der Waals surface area contributed by atoms with Gasteiger partial charge in [-0.05, 0) is 31.7 Å². The predicted molar refractivity (Wildman–Crippen MR) is 139 cm³/mol. The van der Waals surface area contributed by atoms with Gasteiger partial charge in [-0.15, -0.1) is 0 Å². The molecular weight excluding hydrogens is 482 g/mol. The van der Waals surface area contributed by atoms with E-state index in [1.54, 1.807) is 30.2 Å². The van der Waals surface area contributed by atoms with Crippen LogP contribution >= 0.6 is 11.6 Å². The zero-order chi connectivity index (χ0) is 26.0. The lowest BCUT2D eigenvalue weighted by Crippen LogP contribution is -2.34. The fourth-order valence-corrected chi connectivity index (χ4v) is 4.51. The highest BCUT2D eigenvalue weighted by Gasteiger charge is 2.37. The van der Waals surface area contributed by atoms with E-state index in [2.05, 4.69) is 44.1 Å². The van der Waals surface area contributed by atoms with Gasteiger partial charge >= 0.3 is 0 Å². The molecule has 190 valence electrons. The van der Waals surface area contributed by atoms with Crippen molar-refractivity contribution in [3.63, 3.8) is 0 Å². The topological polar surface area (TPSA) is 138 Å². The highest BCUT2D eigenvalue weighted by atomic mass is 35.5. The third kappa shape index (κ3) is 4.98. The highest BCUT2D eigenvalue weighted by molar-refractivity contribution is 6.41. The van der Waals surface area contributed by atoms with Crippen molar-refractivity contribution in [2.24, 2.45) is 7.05 Å². The van der Waals surface area contributed by atoms with E-state index in [0.29, 0.717) is 34.8 Å². The molecule has 4 heterocycles. The quantitative estimate of drug-likeness (QED) is 0.296. The zero-order valence-corrected chi connectivity index (χ0v) is 21.6. The zero-order valence-electron chi connectivity index (χ0n) is 20.8. The van der Waals surface area contributed by atoms with Crippen molar-refractivity contribution in [1.29, 1.82) is 0 Å². The number of likely N-dealkylation sites (N-methyl/N-ethyl adjacent to an activating group) is 1. The van der Waals surface area contributed by atoms with Gasteiger partial charge in [0.1, 0.15) is 5.15 Å². The molecule has 0 aliphatic carbocycles. The molecule has 12 heteroatoms. The minimum atomic E-state index is -0.296. The molecule has 36 heavy (non-hydrogen) atoms. The first-order valence-corrected chi connectivity index (χ1v) is 12.1. The maximum absolute atomic E-state index is 13.5. The van der Waals surface area contributed by atoms with E-state index >= 15 is 0 Å². The van der Waals surface area contributed by atoms with Crippen molar-refractivity contribution in [2.45, 2.75) is 27.3 Å². The van der Waals surface area contributed by atoms with Gasteiger partial charge in [-0.3, -0.25) is 19.2 Å². The number of rotatable bonds is 9. The molecule has 0 saturated carbocycles. The van der Waals surface area contributed by atoms with E-state index in [1.165, 1.54) is 4.90 Å². The number of halogens is 1. The van der Waals surface area contributed by atoms with Crippen LogP contribution in [0.15, 0.2) is 18.6 Å². The van der Waals surface area contributed by atoms with Crippen molar-refractivity contribution in [3.8, 4) is 0 Å². The monoisotopic (exact) mass is 511 g/mol. The highest BCUT2D eigenvalue weighted by Crippen LogP contribution is 2.41. The molecule has 0 unspecified atom stereocenters. The summed E-state index contributed by atoms with van der Waals surface area (Å²) in [5.74, 6) is -0.157. The summed E-state index contributed by atoms with van der Waals surface area (Å²) in [6.07, 6.45) is 6.82. The van der Waals surface area contributed by atoms with E-state index in [0.717, 1.165) is 30.8 Å². The Bertz CT molecular complexity index is 1320. The number of anilines is 2. The first-order chi connectivity index (χ1) is 17.2. The van der Waals surface area contributed by atoms with Crippen LogP contribution in [0.25, 0.3) is 11.6 Å². The molecule has 1 aliphatic rings. The second-order valence-electron chi connectivity index (χ2n) is 8.57. The van der Waals surface area contributed by atoms with E-state index < -0.39 is 0 Å². The predicted octanol–water partition coefficient (Wildman–Crippen LogP) is 2.24. The molecular formula is C24H30ClN9O2. The molecule has 0 saturated heterocycles. The maximum atomic E-state index is 13.5. The molecule has 4 rings (SSSR count). The van der Waals surface area contributed by atoms with Gasteiger partial charge in [-0.25, -0.2) is 4.98 Å². The number of fused-ring (bicyclic) bond motifs is 1. The molecule has 0 aromatic carbocycles. The second kappa shape index (κ2) is 10.5. The number of nitrogens with zero attached hydrogens (tertiary/aromatic N) is 6. The minimum absolute atomic E-state index is 0.0243. The number of H-pyrrole nitrogens is 1. The molecule has 4 N–H and O–H groups in total. The number of nitrogens with two attached hydrogens (primary N) is 1. The molecule has 3 aromatic heterocycles. The number of nitrogen functional groups attached to an aromatic ring is 1. The van der Waals surface area contributed by atoms with Gasteiger partial charge < -0.3 is 20.9 Å². The lowest BCUT2D eigenvalue weighted by molar-refractivity contribution is -0.113. The summed E-state index contributed by atoms with van der Waals surface area (Å²) < 4.78 is 1.66. The SMILES string of the molecule is CCN(CC)CCNC(=O)c1c[nH]c(/C=C2/C(=O)N(Cc3cnn(C)c3)c3nc(N)nc(Cl)c32)c1C. The molecule has 0 bridgehead atoms. The maximum Gasteiger partial charge on any atom is 0.260 e. The van der Waals surface area contributed by atoms with Crippen LogP contribution in [0, 0.1) is 6.92 Å². The van der Waals surface area contributed by atoms with Gasteiger partial charge in [-0.1, -0.05) is 25.4 Å². The van der Waals surface area contributed by atoms with Crippen LogP contribution in [-0.4, -0.2) is 67.6 Å². The van der Waals surface area contributed by atoms with Crippen molar-refractivity contribution < 1.29 is 9.59 Å². The fourth-order valence-electron chi connectivity index (χ4n) is 4.23. The van der Waals surface area contributed by atoms with Gasteiger partial charge in [0, 0.05) is 43.8 Å². The Labute approximate surface area is 214 Å². The number of amides is 2. The summed E-state index contributed by atoms with van der Waals surface area (Å²) in [6, 6.07) is 0. The fraction of sp³-hybridized carbons (Fsp3) is 0.375. The molecule has 11 nitrogen and oxygen atoms in total. The van der Waals surface area contributed by atoms with E-state index in [-0.39, 0.29) is 29.5 Å². The summed E-state index contributed by atoms with van der Waals surface area (Å²) in [6.45, 7) is 9.44. The smallest absolute Gasteiger partial charge is 0.260 e. The van der Waals surface area contributed by atoms with Crippen molar-refractivity contribution in [1.82, 2.24) is 34.9 Å². The average Bonchev–Trinajstić information content (AvgIpc) is 3.49. The lowest BCUT2D eigenvalue weighted by atomic mass is 10.1. The number of carbonyl (C=O) groups is 2. The van der Waals surface area contributed by atoms with Gasteiger partial charge in [0.15, 0.2) is 5.82 Å². The molecule has 0 radical (unpaired) electrons. The number of hydrogen-bond acceptors (Lipinski definition) is 7. The second-order valence-corrected chi connectivity index (χ2v) is 8.92. The molecule has 1 aliphatic heterocycles. The first-order valence-electron chi connectivity index (χ1n) is 11.8. The third-order valence-corrected chi connectivity index (χ3v) is 6.56. The summed E-state index contributed by atoms with van der Waals surface area (Å²) in [4.78, 5) is 41.5. The molecule has 0 fully saturated rings. The van der Waals surface area contributed by atoms with Crippen LogP contribution in [-0.2, 0) is 18.4 Å². The number of nitrogens with one attached hydrogen (secondary N) is 2. The van der Waals surface area contributed by atoms with Crippen LogP contribution in [0.3, 0.4) is 0 Å². The van der Waals surface area contributed by atoms with E-state index in [4.69, 9.17) is 17.3 Å². The Morgan fingerprint density at radius 1 is 1.31 bits per heavy atom. The largest absolute Gasteiger partial charge is 0.368 e. The molecule has 0 spiro atoms. The molecule has 3 aromatic rings. The van der Waals surface area contributed by atoms with Crippen molar-refractivity contribution in [2.75, 3.05) is 36.8 Å². The number of aromatic amines is 1. The number of hydrogen-bond donors (Lipinski definition) is 3. The number of aryl methyl sites for hydroxylation is 1. The summed E-state index contributed by atoms with van der Waals surface area (Å²) >= 11 is 6.43. The van der Waals surface area contributed by atoms with Crippen molar-refractivity contribution >= 4 is 46.8 Å². The Morgan fingerprint density at radius 3 is 2.72 bits per heavy atom. The van der Waals surface area contributed by atoms with Crippen LogP contribution in [0.1, 0.15) is 46.6 Å². The number of aromatic nitrogens is 5. The van der Waals surface area contributed by atoms with Crippen LogP contribution in [0.5, 0.6) is 0 Å². The Hall–Kier alpha value is -3.70. The standard InChI is InChI=1S/C24H30ClN9O2/c1-5-33(6-2)8-7-27-22(35)17-11-28-18(14(17)3)9-16-19-20(25)30-24(26)31-21(19)34(23(16)36)13-15-10-29-32(4)12-15/h9-12,28H,5-8,13H2,1-4H3,(H,27,35)(H2,26,30,31)/b16-9+. The summed E-state index contributed by atoms with van der Waals surface area (Å²) in [5, 5.41) is 7.22. The first kappa shape index (κ1) is 25.4. The van der Waals surface area contributed by atoms with Gasteiger partial charge in [-0.2, -0.15) is 10.1 Å². The molecule has 2 amide bonds. The Balaban J connectivity index is 1.62. The summed E-state index contributed by atoms with van der Waals surface area (Å²) in [7, 11) is 1.80. The van der Waals surface area contributed by atoms with Crippen LogP contribution < -0.4 is 16.0 Å². The normalized spacial score (nSPS) is 14.2. The molecule has 0 atom stereocenters. The third-order valence-electron chi connectivity index (χ3n) is 6.28. The van der Waals surface area contributed by atoms with Crippen LogP contribution in [0.2, 0.25) is 5.15 Å². The number of carbonyl (C=O) groups excluding carboxylic acids is 2. The van der Waals surface area contributed by atoms with Gasteiger partial charge in [0.05, 0.1) is 29.4 Å². The summed E-state index contributed by atoms with van der Waals surface area (Å²) in [5.41, 5.74) is 9.23. The van der Waals surface area contributed by atoms with Gasteiger partial charge in [0.2, 0.25) is 5.95 Å². The van der Waals surface area contributed by atoms with Gasteiger partial charge in [0.25, 0.3) is 11.8 Å². The lowest BCUT2D eigenvalue weighted by Gasteiger charge is -2.17. The Kier molecular flexibility index (Phi) is 7.41. The van der Waals surface area contributed by atoms with Crippen molar-refractivity contribution in [3.05, 3.63) is 51.7 Å². The Morgan fingerprint density at radius 2 is 2.06 bits per heavy atom.